The number of aliphatic carboxylic acids is 1. The zero-order chi connectivity index (χ0) is 24.8. The summed E-state index contributed by atoms with van der Waals surface area (Å²) in [5, 5.41) is 12.2. The van der Waals surface area contributed by atoms with Gasteiger partial charge in [-0.05, 0) is 23.8 Å². The van der Waals surface area contributed by atoms with Crippen molar-refractivity contribution in [1.82, 2.24) is 0 Å². The highest BCUT2D eigenvalue weighted by atomic mass is 32.2. The first kappa shape index (κ1) is 20.9. The first-order valence-electron chi connectivity index (χ1n) is 9.87. The average Bonchev–Trinajstić information content (AvgIpc) is 2.80. The topological polar surface area (TPSA) is 120 Å². The third-order valence-corrected chi connectivity index (χ3v) is 5.07. The minimum atomic E-state index is -4.52. The molecule has 0 aliphatic carbocycles. The monoisotopic (exact) mass is 453 g/mol. The summed E-state index contributed by atoms with van der Waals surface area (Å²) in [6, 6.07) is 6.87. The van der Waals surface area contributed by atoms with E-state index in [1.807, 2.05) is 0 Å². The van der Waals surface area contributed by atoms with Crippen molar-refractivity contribution < 1.29 is 40.0 Å². The zero-order valence-electron chi connectivity index (χ0n) is 19.5. The molecule has 0 atom stereocenters. The SMILES string of the molecule is [2H]C([2H])(c1ccc(OC)c(NCC(=O)O)c1)S(=O)(=O)/C=C/c1c(OC)cc(OC)cc1OC. The van der Waals surface area contributed by atoms with E-state index < -0.39 is 28.1 Å². The zero-order valence-corrected chi connectivity index (χ0v) is 18.3. The second-order valence-electron chi connectivity index (χ2n) is 6.06. The lowest BCUT2D eigenvalue weighted by Gasteiger charge is -2.13. The molecule has 0 fully saturated rings. The summed E-state index contributed by atoms with van der Waals surface area (Å²) in [6.07, 6.45) is 1.18. The number of anilines is 1. The summed E-state index contributed by atoms with van der Waals surface area (Å²) in [7, 11) is 1.07. The molecule has 0 amide bonds. The summed E-state index contributed by atoms with van der Waals surface area (Å²) >= 11 is 0. The summed E-state index contributed by atoms with van der Waals surface area (Å²) in [5.74, 6) is 0.0455. The van der Waals surface area contributed by atoms with Gasteiger partial charge in [-0.15, -0.1) is 0 Å². The minimum Gasteiger partial charge on any atom is -0.496 e. The fourth-order valence-corrected chi connectivity index (χ4v) is 3.47. The normalized spacial score (nSPS) is 12.6. The van der Waals surface area contributed by atoms with Crippen molar-refractivity contribution in [2.75, 3.05) is 40.3 Å². The van der Waals surface area contributed by atoms with Crippen LogP contribution in [-0.4, -0.2) is 54.5 Å². The molecule has 2 N–H and O–H groups in total. The van der Waals surface area contributed by atoms with E-state index in [9.17, 15) is 13.2 Å². The van der Waals surface area contributed by atoms with Gasteiger partial charge in [0.25, 0.3) is 0 Å². The van der Waals surface area contributed by atoms with Gasteiger partial charge in [-0.2, -0.15) is 0 Å². The van der Waals surface area contributed by atoms with E-state index in [1.54, 1.807) is 0 Å². The van der Waals surface area contributed by atoms with Crippen LogP contribution >= 0.6 is 0 Å². The van der Waals surface area contributed by atoms with E-state index in [0.717, 1.165) is 5.41 Å². The summed E-state index contributed by atoms with van der Waals surface area (Å²) < 4.78 is 63.4. The highest BCUT2D eigenvalue weighted by molar-refractivity contribution is 7.93. The molecule has 0 unspecified atom stereocenters. The van der Waals surface area contributed by atoms with Crippen molar-refractivity contribution in [3.8, 4) is 23.0 Å². The largest absolute Gasteiger partial charge is 0.496 e. The van der Waals surface area contributed by atoms with Crippen LogP contribution in [0.4, 0.5) is 5.69 Å². The number of benzene rings is 2. The number of carboxylic acid groups (broad SMARTS) is 1. The van der Waals surface area contributed by atoms with E-state index in [-0.39, 0.29) is 34.1 Å². The van der Waals surface area contributed by atoms with Gasteiger partial charge in [-0.25, -0.2) is 8.42 Å². The molecule has 168 valence electrons. The number of carbonyl (C=O) groups is 1. The van der Waals surface area contributed by atoms with Gasteiger partial charge in [0.1, 0.15) is 29.5 Å². The number of carboxylic acids is 1. The smallest absolute Gasteiger partial charge is 0.322 e. The van der Waals surface area contributed by atoms with Crippen LogP contribution in [0.15, 0.2) is 35.7 Å². The maximum atomic E-state index is 13.0. The van der Waals surface area contributed by atoms with Crippen LogP contribution in [0.5, 0.6) is 23.0 Å². The Kier molecular flexibility index (Phi) is 7.12. The Labute approximate surface area is 183 Å². The Morgan fingerprint density at radius 3 is 2.16 bits per heavy atom. The Hall–Kier alpha value is -3.40. The second-order valence-corrected chi connectivity index (χ2v) is 7.62. The third kappa shape index (κ3) is 6.54. The third-order valence-electron chi connectivity index (χ3n) is 4.06. The van der Waals surface area contributed by atoms with Crippen molar-refractivity contribution in [2.45, 2.75) is 5.70 Å². The second kappa shape index (κ2) is 10.6. The molecule has 9 nitrogen and oxygen atoms in total. The number of hydrogen-bond acceptors (Lipinski definition) is 8. The standard InChI is InChI=1S/C21H25NO8S/c1-27-15-10-19(29-3)16(20(11-15)30-4)7-8-31(25,26)13-14-5-6-18(28-2)17(9-14)22-12-21(23)24/h5-11,22H,12-13H2,1-4H3,(H,23,24)/b8-7+/i13D2. The summed E-state index contributed by atoms with van der Waals surface area (Å²) in [5.41, 5.74) is -2.64. The molecule has 10 heteroatoms. The lowest BCUT2D eigenvalue weighted by Crippen LogP contribution is -2.13. The van der Waals surface area contributed by atoms with E-state index in [2.05, 4.69) is 5.32 Å². The Bertz CT molecular complexity index is 1120. The van der Waals surface area contributed by atoms with E-state index in [4.69, 9.17) is 26.8 Å². The van der Waals surface area contributed by atoms with Gasteiger partial charge in [0.15, 0.2) is 9.84 Å². The number of methoxy groups -OCH3 is 4. The molecule has 0 saturated carbocycles. The van der Waals surface area contributed by atoms with Crippen LogP contribution in [0.2, 0.25) is 0 Å². The molecule has 0 bridgehead atoms. The maximum absolute atomic E-state index is 13.0. The molecule has 0 saturated heterocycles. The fraction of sp³-hybridized carbons (Fsp3) is 0.286. The highest BCUT2D eigenvalue weighted by Crippen LogP contribution is 2.35. The van der Waals surface area contributed by atoms with E-state index in [0.29, 0.717) is 5.75 Å². The van der Waals surface area contributed by atoms with Crippen molar-refractivity contribution >= 4 is 27.6 Å². The summed E-state index contributed by atoms with van der Waals surface area (Å²) in [4.78, 5) is 10.9. The van der Waals surface area contributed by atoms with Crippen molar-refractivity contribution in [1.29, 1.82) is 0 Å². The van der Waals surface area contributed by atoms with Crippen LogP contribution in [0.3, 0.4) is 0 Å². The Morgan fingerprint density at radius 1 is 1.03 bits per heavy atom. The van der Waals surface area contributed by atoms with Gasteiger partial charge >= 0.3 is 5.97 Å². The molecule has 0 aliphatic heterocycles. The first-order valence-corrected chi connectivity index (χ1v) is 10.4. The van der Waals surface area contributed by atoms with Crippen molar-refractivity contribution in [2.24, 2.45) is 0 Å². The average molecular weight is 454 g/mol. The molecule has 0 aliphatic rings. The number of nitrogens with one attached hydrogen (secondary N) is 1. The Morgan fingerprint density at radius 2 is 1.65 bits per heavy atom. The van der Waals surface area contributed by atoms with Crippen LogP contribution in [0, 0.1) is 0 Å². The van der Waals surface area contributed by atoms with Gasteiger partial charge in [0, 0.05) is 20.3 Å². The van der Waals surface area contributed by atoms with Crippen LogP contribution in [0.1, 0.15) is 13.9 Å². The number of ether oxygens (including phenoxy) is 4. The van der Waals surface area contributed by atoms with Crippen LogP contribution in [0.25, 0.3) is 6.08 Å². The van der Waals surface area contributed by atoms with E-state index in [1.165, 1.54) is 64.8 Å². The molecular formula is C21H25NO8S. The molecule has 0 radical (unpaired) electrons. The molecule has 2 aromatic rings. The lowest BCUT2D eigenvalue weighted by atomic mass is 10.1. The molecule has 2 aromatic carbocycles. The number of hydrogen-bond donors (Lipinski definition) is 2. The lowest BCUT2D eigenvalue weighted by molar-refractivity contribution is -0.134. The highest BCUT2D eigenvalue weighted by Gasteiger charge is 2.15. The fourth-order valence-electron chi connectivity index (χ4n) is 2.63. The van der Waals surface area contributed by atoms with Crippen LogP contribution in [-0.2, 0) is 20.3 Å². The van der Waals surface area contributed by atoms with Crippen molar-refractivity contribution in [3.05, 3.63) is 46.9 Å². The number of rotatable bonds is 11. The van der Waals surface area contributed by atoms with Crippen LogP contribution < -0.4 is 24.3 Å². The maximum Gasteiger partial charge on any atom is 0.322 e. The van der Waals surface area contributed by atoms with Gasteiger partial charge in [0.05, 0.1) is 45.4 Å². The Balaban J connectivity index is 2.49. The molecule has 0 spiro atoms. The van der Waals surface area contributed by atoms with Crippen molar-refractivity contribution in [3.63, 3.8) is 0 Å². The van der Waals surface area contributed by atoms with E-state index >= 15 is 0 Å². The summed E-state index contributed by atoms with van der Waals surface area (Å²) in [6.45, 7) is -0.466. The van der Waals surface area contributed by atoms with Gasteiger partial charge < -0.3 is 29.4 Å². The molecule has 0 aromatic heterocycles. The molecule has 31 heavy (non-hydrogen) atoms. The molecule has 0 heterocycles. The number of sulfone groups is 1. The van der Waals surface area contributed by atoms with Gasteiger partial charge in [-0.1, -0.05) is 6.07 Å². The molecular weight excluding hydrogens is 426 g/mol. The molecule has 2 rings (SSSR count). The first-order chi connectivity index (χ1) is 15.5. The minimum absolute atomic E-state index is 0.138. The predicted octanol–water partition coefficient (Wildman–Crippen LogP) is 2.80. The van der Waals surface area contributed by atoms with Gasteiger partial charge in [0.2, 0.25) is 0 Å². The quantitative estimate of drug-likeness (QED) is 0.529. The predicted molar refractivity (Wildman–Crippen MR) is 117 cm³/mol. The van der Waals surface area contributed by atoms with Gasteiger partial charge in [-0.3, -0.25) is 4.79 Å².